The van der Waals surface area contributed by atoms with Gasteiger partial charge in [-0.15, -0.1) is 0 Å². The summed E-state index contributed by atoms with van der Waals surface area (Å²) in [4.78, 5) is 22.6. The van der Waals surface area contributed by atoms with Crippen LogP contribution in [0.1, 0.15) is 6.92 Å². The van der Waals surface area contributed by atoms with E-state index in [-0.39, 0.29) is 30.1 Å². The summed E-state index contributed by atoms with van der Waals surface area (Å²) in [6.07, 6.45) is 1.29. The molecule has 18 heavy (non-hydrogen) atoms. The summed E-state index contributed by atoms with van der Waals surface area (Å²) < 4.78 is 6.02. The first-order valence-corrected chi connectivity index (χ1v) is 7.10. The lowest BCUT2D eigenvalue weighted by molar-refractivity contribution is -0.179. The van der Waals surface area contributed by atoms with Gasteiger partial charge in [-0.3, -0.25) is 14.7 Å². The monoisotopic (exact) mass is 316 g/mol. The fraction of sp³-hybridized carbons (Fsp3) is 0.818. The maximum Gasteiger partial charge on any atom is 0.252 e. The largest absolute Gasteiger partial charge is 0.351 e. The van der Waals surface area contributed by atoms with Gasteiger partial charge in [-0.05, 0) is 14.0 Å². The van der Waals surface area contributed by atoms with Crippen LogP contribution in [0.15, 0.2) is 4.99 Å². The molecule has 0 aromatic rings. The molecular weight excluding hydrogens is 300 g/mol. The summed E-state index contributed by atoms with van der Waals surface area (Å²) in [5.41, 5.74) is -0.324. The van der Waals surface area contributed by atoms with Gasteiger partial charge in [0.15, 0.2) is 6.35 Å². The molecule has 0 saturated carbocycles. The predicted molar refractivity (Wildman–Crippen MR) is 70.4 cm³/mol. The van der Waals surface area contributed by atoms with Crippen LogP contribution < -0.4 is 0 Å². The molecule has 3 aliphatic rings. The highest BCUT2D eigenvalue weighted by molar-refractivity contribution is 9.09. The van der Waals surface area contributed by atoms with Crippen molar-refractivity contribution >= 4 is 28.2 Å². The van der Waals surface area contributed by atoms with Crippen molar-refractivity contribution in [3.63, 3.8) is 0 Å². The number of nitrogens with zero attached hydrogens (tertiary/aromatic N) is 4. The molecular formula is C11H17BrN4O2. The van der Waals surface area contributed by atoms with Crippen molar-refractivity contribution in [3.05, 3.63) is 0 Å². The first-order valence-electron chi connectivity index (χ1n) is 5.98. The van der Waals surface area contributed by atoms with Gasteiger partial charge in [0.1, 0.15) is 12.2 Å². The van der Waals surface area contributed by atoms with Gasteiger partial charge in [-0.25, -0.2) is 4.90 Å². The van der Waals surface area contributed by atoms with Gasteiger partial charge in [-0.2, -0.15) is 0 Å². The van der Waals surface area contributed by atoms with Gasteiger partial charge in [0.25, 0.3) is 5.91 Å². The average Bonchev–Trinajstić information content (AvgIpc) is 2.89. The number of halogens is 1. The Kier molecular flexibility index (Phi) is 2.69. The van der Waals surface area contributed by atoms with Crippen molar-refractivity contribution in [1.29, 1.82) is 0 Å². The Balaban J connectivity index is 1.92. The molecule has 3 heterocycles. The van der Waals surface area contributed by atoms with E-state index in [0.717, 1.165) is 0 Å². The van der Waals surface area contributed by atoms with Gasteiger partial charge in [0, 0.05) is 12.4 Å². The topological polar surface area (TPSA) is 48.4 Å². The zero-order valence-electron chi connectivity index (χ0n) is 10.7. The molecule has 0 aliphatic carbocycles. The highest BCUT2D eigenvalue weighted by atomic mass is 79.9. The molecule has 2 saturated heterocycles. The number of amides is 1. The van der Waals surface area contributed by atoms with Gasteiger partial charge in [0.2, 0.25) is 0 Å². The highest BCUT2D eigenvalue weighted by Crippen LogP contribution is 2.36. The van der Waals surface area contributed by atoms with Gasteiger partial charge >= 0.3 is 0 Å². The third kappa shape index (κ3) is 1.53. The molecule has 6 nitrogen and oxygen atoms in total. The molecule has 0 bridgehead atoms. The van der Waals surface area contributed by atoms with E-state index in [0.29, 0.717) is 11.9 Å². The summed E-state index contributed by atoms with van der Waals surface area (Å²) in [6, 6.07) is -0.215. The van der Waals surface area contributed by atoms with Crippen LogP contribution in [0.4, 0.5) is 0 Å². The van der Waals surface area contributed by atoms with Crippen LogP contribution in [0, 0.1) is 0 Å². The Labute approximate surface area is 115 Å². The normalized spacial score (nSPS) is 43.6. The zero-order valence-corrected chi connectivity index (χ0v) is 12.3. The number of ether oxygens (including phenoxy) is 1. The molecule has 0 aromatic heterocycles. The van der Waals surface area contributed by atoms with Crippen LogP contribution in [0.3, 0.4) is 0 Å². The van der Waals surface area contributed by atoms with E-state index in [1.165, 1.54) is 0 Å². The second-order valence-electron chi connectivity index (χ2n) is 5.45. The van der Waals surface area contributed by atoms with Crippen molar-refractivity contribution in [2.24, 2.45) is 4.99 Å². The van der Waals surface area contributed by atoms with Crippen LogP contribution in [0.5, 0.6) is 0 Å². The molecule has 4 unspecified atom stereocenters. The second-order valence-corrected chi connectivity index (χ2v) is 6.01. The number of hydrogen-bond acceptors (Lipinski definition) is 5. The van der Waals surface area contributed by atoms with E-state index >= 15 is 0 Å². The summed E-state index contributed by atoms with van der Waals surface area (Å²) in [7, 11) is 3.85. The van der Waals surface area contributed by atoms with Crippen LogP contribution in [0.2, 0.25) is 0 Å². The third-order valence-electron chi connectivity index (χ3n) is 3.87. The van der Waals surface area contributed by atoms with Crippen LogP contribution in [0.25, 0.3) is 0 Å². The summed E-state index contributed by atoms with van der Waals surface area (Å²) in [6.45, 7) is 2.63. The van der Waals surface area contributed by atoms with Gasteiger partial charge < -0.3 is 9.64 Å². The lowest BCUT2D eigenvalue weighted by atomic mass is 10.1. The molecule has 3 aliphatic heterocycles. The summed E-state index contributed by atoms with van der Waals surface area (Å²) >= 11 is 3.46. The number of fused-ring (bicyclic) bond motifs is 2. The summed E-state index contributed by atoms with van der Waals surface area (Å²) in [5.74, 6) is 0.104. The molecule has 100 valence electrons. The molecule has 4 atom stereocenters. The van der Waals surface area contributed by atoms with Crippen LogP contribution in [-0.2, 0) is 9.53 Å². The Hall–Kier alpha value is -0.660. The Bertz CT molecular complexity index is 418. The van der Waals surface area contributed by atoms with Gasteiger partial charge in [-0.1, -0.05) is 15.9 Å². The molecule has 0 N–H and O–H groups in total. The van der Waals surface area contributed by atoms with Gasteiger partial charge in [0.05, 0.1) is 18.5 Å². The molecule has 0 radical (unpaired) electrons. The Morgan fingerprint density at radius 2 is 2.33 bits per heavy atom. The number of rotatable bonds is 1. The number of alkyl halides is 1. The minimum Gasteiger partial charge on any atom is -0.351 e. The molecule has 1 amide bonds. The average molecular weight is 317 g/mol. The minimum atomic E-state index is -0.324. The minimum absolute atomic E-state index is 0.104. The van der Waals surface area contributed by atoms with Crippen molar-refractivity contribution in [1.82, 2.24) is 14.7 Å². The second kappa shape index (κ2) is 3.91. The Morgan fingerprint density at radius 3 is 3.00 bits per heavy atom. The fourth-order valence-corrected chi connectivity index (χ4v) is 3.13. The maximum atomic E-state index is 12.5. The number of hydrogen-bond donors (Lipinski definition) is 0. The quantitative estimate of drug-likeness (QED) is 0.634. The number of likely N-dealkylation sites (N-methyl/N-ethyl adjacent to an activating group) is 2. The Morgan fingerprint density at radius 1 is 1.61 bits per heavy atom. The van der Waals surface area contributed by atoms with E-state index in [1.807, 2.05) is 35.7 Å². The number of aliphatic imine (C=N–C) groups is 1. The number of carbonyl (C=O) groups is 1. The molecule has 3 rings (SSSR count). The van der Waals surface area contributed by atoms with E-state index in [1.54, 1.807) is 6.34 Å². The standard InChI is InChI=1S/C11H17BrN4O2/c1-11(4-12)5-16-9(17)7-8(13-6-14(7)2)15(3)10(16)18-11/h6-8,10H,4-5H2,1-3H3. The molecule has 0 spiro atoms. The lowest BCUT2D eigenvalue weighted by Gasteiger charge is -2.43. The molecule has 7 heteroatoms. The van der Waals surface area contributed by atoms with Crippen molar-refractivity contribution in [3.8, 4) is 0 Å². The maximum absolute atomic E-state index is 12.5. The lowest BCUT2D eigenvalue weighted by Crippen LogP contribution is -2.65. The van der Waals surface area contributed by atoms with E-state index < -0.39 is 0 Å². The third-order valence-corrected chi connectivity index (χ3v) is 5.05. The smallest absolute Gasteiger partial charge is 0.252 e. The van der Waals surface area contributed by atoms with Crippen molar-refractivity contribution < 1.29 is 9.53 Å². The first-order chi connectivity index (χ1) is 8.47. The summed E-state index contributed by atoms with van der Waals surface area (Å²) in [5, 5.41) is 0.711. The van der Waals surface area contributed by atoms with Crippen LogP contribution >= 0.6 is 15.9 Å². The highest BCUT2D eigenvalue weighted by Gasteiger charge is 2.55. The predicted octanol–water partition coefficient (Wildman–Crippen LogP) is -0.104. The molecule has 0 aromatic carbocycles. The van der Waals surface area contributed by atoms with E-state index in [2.05, 4.69) is 20.9 Å². The fourth-order valence-electron chi connectivity index (χ4n) is 2.82. The number of carbonyl (C=O) groups excluding carboxylic acids is 1. The van der Waals surface area contributed by atoms with Crippen molar-refractivity contribution in [2.45, 2.75) is 31.1 Å². The van der Waals surface area contributed by atoms with E-state index in [9.17, 15) is 4.79 Å². The van der Waals surface area contributed by atoms with Crippen LogP contribution in [-0.4, -0.2) is 77.1 Å². The van der Waals surface area contributed by atoms with Crippen molar-refractivity contribution in [2.75, 3.05) is 26.0 Å². The first kappa shape index (κ1) is 12.4. The zero-order chi connectivity index (χ0) is 13.1. The molecule has 2 fully saturated rings. The van der Waals surface area contributed by atoms with E-state index in [4.69, 9.17) is 4.74 Å². The SMILES string of the molecule is CN1C=NC2C1C(=O)N1CC(C)(CBr)OC1N2C.